The van der Waals surface area contributed by atoms with E-state index in [-0.39, 0.29) is 29.1 Å². The third-order valence-corrected chi connectivity index (χ3v) is 5.35. The average Bonchev–Trinajstić information content (AvgIpc) is 3.26. The lowest BCUT2D eigenvalue weighted by molar-refractivity contribution is -0.384. The molecule has 3 aromatic carbocycles. The van der Waals surface area contributed by atoms with Gasteiger partial charge in [0.15, 0.2) is 11.5 Å². The smallest absolute Gasteiger partial charge is 0.271 e. The maximum Gasteiger partial charge on any atom is 0.271 e. The molecule has 4 rings (SSSR count). The van der Waals surface area contributed by atoms with Crippen molar-refractivity contribution in [3.05, 3.63) is 87.5 Å². The molecule has 1 aliphatic rings. The molecule has 174 valence electrons. The summed E-state index contributed by atoms with van der Waals surface area (Å²) in [6.45, 7) is 6.30. The predicted octanol–water partition coefficient (Wildman–Crippen LogP) is 5.13. The van der Waals surface area contributed by atoms with Crippen LogP contribution in [0.25, 0.3) is 0 Å². The van der Waals surface area contributed by atoms with Crippen LogP contribution in [0.1, 0.15) is 47.1 Å². The highest BCUT2D eigenvalue weighted by Gasteiger charge is 2.21. The molecule has 1 heterocycles. The molecule has 0 bridgehead atoms. The van der Waals surface area contributed by atoms with Crippen LogP contribution in [-0.4, -0.2) is 23.5 Å². The van der Waals surface area contributed by atoms with E-state index in [1.807, 2.05) is 12.1 Å². The Morgan fingerprint density at radius 3 is 2.26 bits per heavy atom. The van der Waals surface area contributed by atoms with E-state index in [0.29, 0.717) is 22.7 Å². The number of nitrogens with zero attached hydrogens (tertiary/aromatic N) is 1. The molecule has 0 radical (unpaired) electrons. The van der Waals surface area contributed by atoms with Crippen LogP contribution in [0.3, 0.4) is 0 Å². The molecule has 3 aromatic rings. The third-order valence-electron chi connectivity index (χ3n) is 5.35. The first-order chi connectivity index (χ1) is 16.1. The largest absolute Gasteiger partial charge is 0.454 e. The van der Waals surface area contributed by atoms with Gasteiger partial charge in [0.2, 0.25) is 6.79 Å². The topological polar surface area (TPSA) is 120 Å². The number of benzene rings is 3. The lowest BCUT2D eigenvalue weighted by Gasteiger charge is -2.19. The number of nitro benzene ring substituents is 1. The van der Waals surface area contributed by atoms with Gasteiger partial charge in [-0.3, -0.25) is 19.7 Å². The quantitative estimate of drug-likeness (QED) is 0.402. The monoisotopic (exact) mass is 461 g/mol. The van der Waals surface area contributed by atoms with E-state index in [2.05, 4.69) is 31.4 Å². The second-order valence-corrected chi connectivity index (χ2v) is 8.79. The van der Waals surface area contributed by atoms with Gasteiger partial charge in [-0.2, -0.15) is 0 Å². The van der Waals surface area contributed by atoms with Crippen molar-refractivity contribution in [2.24, 2.45) is 0 Å². The number of rotatable bonds is 5. The first-order valence-electron chi connectivity index (χ1n) is 10.5. The molecule has 34 heavy (non-hydrogen) atoms. The molecule has 0 saturated carbocycles. The molecule has 1 aliphatic heterocycles. The summed E-state index contributed by atoms with van der Waals surface area (Å²) in [7, 11) is 0. The highest BCUT2D eigenvalue weighted by atomic mass is 16.7. The minimum Gasteiger partial charge on any atom is -0.454 e. The van der Waals surface area contributed by atoms with Crippen molar-refractivity contribution in [2.75, 3.05) is 17.4 Å². The molecule has 0 unspecified atom stereocenters. The molecular weight excluding hydrogens is 438 g/mol. The number of nitro groups is 1. The van der Waals surface area contributed by atoms with E-state index in [1.165, 1.54) is 12.1 Å². The Balaban J connectivity index is 1.59. The summed E-state index contributed by atoms with van der Waals surface area (Å²) in [5.74, 6) is 0.0257. The van der Waals surface area contributed by atoms with Gasteiger partial charge in [-0.15, -0.1) is 0 Å². The Hall–Kier alpha value is -4.40. The molecule has 0 aromatic heterocycles. The van der Waals surface area contributed by atoms with Gasteiger partial charge in [0.25, 0.3) is 17.5 Å². The fourth-order valence-corrected chi connectivity index (χ4v) is 3.44. The number of anilines is 2. The number of fused-ring (bicyclic) bond motifs is 1. The Bertz CT molecular complexity index is 1280. The molecule has 0 saturated heterocycles. The SMILES string of the molecule is CC(C)(C)c1ccc(C(=O)Nc2cc([N+](=O)[O-])ccc2C(=O)Nc2ccc3c(c2)OCO3)cc1. The van der Waals surface area contributed by atoms with E-state index >= 15 is 0 Å². The summed E-state index contributed by atoms with van der Waals surface area (Å²) in [5, 5.41) is 16.6. The summed E-state index contributed by atoms with van der Waals surface area (Å²) >= 11 is 0. The average molecular weight is 461 g/mol. The number of ether oxygens (including phenoxy) is 2. The maximum atomic E-state index is 13.0. The van der Waals surface area contributed by atoms with Gasteiger partial charge in [0, 0.05) is 29.4 Å². The number of hydrogen-bond acceptors (Lipinski definition) is 6. The zero-order valence-electron chi connectivity index (χ0n) is 18.9. The van der Waals surface area contributed by atoms with Crippen molar-refractivity contribution in [2.45, 2.75) is 26.2 Å². The van der Waals surface area contributed by atoms with Gasteiger partial charge < -0.3 is 20.1 Å². The molecule has 0 atom stereocenters. The minimum absolute atomic E-state index is 0.0253. The van der Waals surface area contributed by atoms with Gasteiger partial charge in [-0.05, 0) is 41.3 Å². The van der Waals surface area contributed by atoms with Crippen LogP contribution in [0.15, 0.2) is 60.7 Å². The van der Waals surface area contributed by atoms with E-state index in [4.69, 9.17) is 9.47 Å². The molecule has 9 nitrogen and oxygen atoms in total. The Morgan fingerprint density at radius 2 is 1.59 bits per heavy atom. The predicted molar refractivity (Wildman–Crippen MR) is 127 cm³/mol. The van der Waals surface area contributed by atoms with Gasteiger partial charge in [0.05, 0.1) is 16.2 Å². The zero-order chi connectivity index (χ0) is 24.5. The fourth-order valence-electron chi connectivity index (χ4n) is 3.44. The Labute approximate surface area is 195 Å². The second-order valence-electron chi connectivity index (χ2n) is 8.79. The molecule has 9 heteroatoms. The van der Waals surface area contributed by atoms with Crippen LogP contribution in [-0.2, 0) is 5.41 Å². The van der Waals surface area contributed by atoms with Gasteiger partial charge in [-0.25, -0.2) is 0 Å². The van der Waals surface area contributed by atoms with E-state index in [0.717, 1.165) is 11.6 Å². The normalized spacial score (nSPS) is 12.2. The van der Waals surface area contributed by atoms with Gasteiger partial charge in [0.1, 0.15) is 0 Å². The number of carbonyl (C=O) groups excluding carboxylic acids is 2. The number of nitrogens with one attached hydrogen (secondary N) is 2. The van der Waals surface area contributed by atoms with Gasteiger partial charge in [-0.1, -0.05) is 32.9 Å². The number of non-ortho nitro benzene ring substituents is 1. The lowest BCUT2D eigenvalue weighted by atomic mass is 9.86. The summed E-state index contributed by atoms with van der Waals surface area (Å²) < 4.78 is 10.6. The van der Waals surface area contributed by atoms with Crippen LogP contribution in [0.5, 0.6) is 11.5 Å². The highest BCUT2D eigenvalue weighted by molar-refractivity contribution is 6.12. The summed E-state index contributed by atoms with van der Waals surface area (Å²) in [6, 6.07) is 15.7. The molecule has 2 amide bonds. The van der Waals surface area contributed by atoms with Crippen LogP contribution >= 0.6 is 0 Å². The first kappa shape index (κ1) is 22.8. The van der Waals surface area contributed by atoms with E-state index in [9.17, 15) is 19.7 Å². The minimum atomic E-state index is -0.590. The molecule has 0 aliphatic carbocycles. The number of carbonyl (C=O) groups is 2. The lowest BCUT2D eigenvalue weighted by Crippen LogP contribution is -2.19. The molecular formula is C25H23N3O6. The van der Waals surface area contributed by atoms with Crippen molar-refractivity contribution in [3.8, 4) is 11.5 Å². The van der Waals surface area contributed by atoms with Crippen molar-refractivity contribution >= 4 is 28.9 Å². The van der Waals surface area contributed by atoms with Crippen LogP contribution < -0.4 is 20.1 Å². The van der Waals surface area contributed by atoms with E-state index in [1.54, 1.807) is 30.3 Å². The second kappa shape index (κ2) is 8.86. The maximum absolute atomic E-state index is 13.0. The third kappa shape index (κ3) is 4.83. The van der Waals surface area contributed by atoms with Crippen molar-refractivity contribution in [1.82, 2.24) is 0 Å². The summed E-state index contributed by atoms with van der Waals surface area (Å²) in [6.07, 6.45) is 0. The van der Waals surface area contributed by atoms with Crippen molar-refractivity contribution in [1.29, 1.82) is 0 Å². The van der Waals surface area contributed by atoms with Gasteiger partial charge >= 0.3 is 0 Å². The zero-order valence-corrected chi connectivity index (χ0v) is 18.9. The van der Waals surface area contributed by atoms with Crippen LogP contribution in [0.2, 0.25) is 0 Å². The summed E-state index contributed by atoms with van der Waals surface area (Å²) in [5.41, 5.74) is 1.64. The first-order valence-corrected chi connectivity index (χ1v) is 10.5. The summed E-state index contributed by atoms with van der Waals surface area (Å²) in [4.78, 5) is 36.6. The highest BCUT2D eigenvalue weighted by Crippen LogP contribution is 2.34. The van der Waals surface area contributed by atoms with Crippen molar-refractivity contribution in [3.63, 3.8) is 0 Å². The van der Waals surface area contributed by atoms with Crippen LogP contribution in [0.4, 0.5) is 17.1 Å². The Morgan fingerprint density at radius 1 is 0.882 bits per heavy atom. The number of amides is 2. The molecule has 2 N–H and O–H groups in total. The fraction of sp³-hybridized carbons (Fsp3) is 0.200. The van der Waals surface area contributed by atoms with Crippen molar-refractivity contribution < 1.29 is 24.0 Å². The van der Waals surface area contributed by atoms with Crippen LogP contribution in [0, 0.1) is 10.1 Å². The Kier molecular flexibility index (Phi) is 5.93. The molecule has 0 spiro atoms. The molecule has 0 fully saturated rings. The standard InChI is InChI=1S/C25H23N3O6/c1-25(2,3)16-6-4-15(5-7-16)23(29)27-20-13-18(28(31)32)9-10-19(20)24(30)26-17-8-11-21-22(12-17)34-14-33-21/h4-13H,14H2,1-3H3,(H,26,30)(H,27,29). The van der Waals surface area contributed by atoms with E-state index < -0.39 is 16.7 Å². The number of hydrogen-bond donors (Lipinski definition) is 2.